The maximum atomic E-state index is 14.8. The van der Waals surface area contributed by atoms with Crippen molar-refractivity contribution in [2.45, 2.75) is 64.2 Å². The molecule has 48 heavy (non-hydrogen) atoms. The van der Waals surface area contributed by atoms with Gasteiger partial charge in [0.2, 0.25) is 11.8 Å². The van der Waals surface area contributed by atoms with E-state index < -0.39 is 48.6 Å². The average Bonchev–Trinajstić information content (AvgIpc) is 3.00. The van der Waals surface area contributed by atoms with Crippen molar-refractivity contribution in [1.29, 1.82) is 0 Å². The van der Waals surface area contributed by atoms with Crippen LogP contribution in [0, 0.1) is 12.7 Å². The number of aromatic nitrogens is 3. The molecule has 1 saturated heterocycles. The van der Waals surface area contributed by atoms with Gasteiger partial charge < -0.3 is 30.1 Å². The molecule has 15 heteroatoms. The van der Waals surface area contributed by atoms with Crippen molar-refractivity contribution in [3.63, 3.8) is 0 Å². The number of carbonyl (C=O) groups excluding carboxylic acids is 1. The zero-order valence-electron chi connectivity index (χ0n) is 26.6. The Morgan fingerprint density at radius 2 is 1.81 bits per heavy atom. The number of aliphatic hydroxyl groups is 1. The lowest BCUT2D eigenvalue weighted by Gasteiger charge is -2.36. The monoisotopic (exact) mass is 674 g/mol. The first kappa shape index (κ1) is 34.5. The number of nitrogens with one attached hydrogen (secondary N) is 2. The minimum absolute atomic E-state index is 0.0856. The smallest absolute Gasteiger partial charge is 0.416 e. The van der Waals surface area contributed by atoms with Gasteiger partial charge in [0, 0.05) is 48.7 Å². The van der Waals surface area contributed by atoms with Crippen molar-refractivity contribution in [2.24, 2.45) is 0 Å². The topological polar surface area (TPSA) is 122 Å². The maximum Gasteiger partial charge on any atom is 0.416 e. The fourth-order valence-electron chi connectivity index (χ4n) is 5.23. The van der Waals surface area contributed by atoms with Crippen LogP contribution in [0.5, 0.6) is 11.6 Å². The molecular formula is C33H35F5N6O4. The number of amides is 1. The Hall–Kier alpha value is -4.79. The summed E-state index contributed by atoms with van der Waals surface area (Å²) in [5, 5.41) is 15.5. The van der Waals surface area contributed by atoms with Crippen LogP contribution in [0.2, 0.25) is 0 Å². The summed E-state index contributed by atoms with van der Waals surface area (Å²) < 4.78 is 79.9. The number of ether oxygens (including phenoxy) is 2. The van der Waals surface area contributed by atoms with E-state index in [9.17, 15) is 31.9 Å². The van der Waals surface area contributed by atoms with Crippen LogP contribution >= 0.6 is 0 Å². The highest BCUT2D eigenvalue weighted by Gasteiger charge is 2.38. The molecule has 2 aromatic carbocycles. The number of hydrogen-bond acceptors (Lipinski definition) is 9. The van der Waals surface area contributed by atoms with E-state index >= 15 is 0 Å². The molecule has 10 nitrogen and oxygen atoms in total. The van der Waals surface area contributed by atoms with E-state index in [1.165, 1.54) is 23.4 Å². The van der Waals surface area contributed by atoms with Crippen LogP contribution in [0.15, 0.2) is 54.9 Å². The predicted octanol–water partition coefficient (Wildman–Crippen LogP) is 7.03. The van der Waals surface area contributed by atoms with Gasteiger partial charge in [0.15, 0.2) is 6.10 Å². The molecule has 1 aliphatic rings. The fraction of sp³-hybridized carbons (Fsp3) is 0.394. The van der Waals surface area contributed by atoms with Crippen molar-refractivity contribution in [3.05, 3.63) is 66.2 Å². The molecule has 0 radical (unpaired) electrons. The van der Waals surface area contributed by atoms with Crippen molar-refractivity contribution in [1.82, 2.24) is 19.9 Å². The molecule has 2 aromatic heterocycles. The van der Waals surface area contributed by atoms with Gasteiger partial charge in [-0.3, -0.25) is 0 Å². The molecule has 0 saturated carbocycles. The molecule has 1 fully saturated rings. The van der Waals surface area contributed by atoms with Crippen LogP contribution < -0.4 is 15.4 Å². The molecule has 5 rings (SSSR count). The van der Waals surface area contributed by atoms with Crippen LogP contribution in [0.4, 0.5) is 38.4 Å². The first-order valence-electron chi connectivity index (χ1n) is 15.1. The van der Waals surface area contributed by atoms with Crippen LogP contribution in [0.25, 0.3) is 22.0 Å². The van der Waals surface area contributed by atoms with Crippen molar-refractivity contribution in [2.75, 3.05) is 30.3 Å². The highest BCUT2D eigenvalue weighted by Crippen LogP contribution is 2.39. The Balaban J connectivity index is 1.40. The number of aryl methyl sites for hydroxylation is 1. The summed E-state index contributed by atoms with van der Waals surface area (Å²) in [5.74, 6) is -0.226. The van der Waals surface area contributed by atoms with Gasteiger partial charge in [-0.1, -0.05) is 12.1 Å². The quantitative estimate of drug-likeness (QED) is 0.169. The normalized spacial score (nSPS) is 17.6. The van der Waals surface area contributed by atoms with Gasteiger partial charge in [0.1, 0.15) is 23.3 Å². The molecule has 0 bridgehead atoms. The Labute approximate surface area is 273 Å². The SMILES string of the molecule is Cc1ccc2c(NCC(O)C(F)(F)F)c(F)ccc2c1Oc1ncccc1-c1ccnc(N[C@H]2C[C@H](F)CN(C(=O)OC(C)(C)C)C2)n1. The zero-order valence-corrected chi connectivity index (χ0v) is 26.6. The average molecular weight is 675 g/mol. The second-order valence-corrected chi connectivity index (χ2v) is 12.5. The number of rotatable bonds is 8. The summed E-state index contributed by atoms with van der Waals surface area (Å²) in [6, 6.07) is 10.2. The largest absolute Gasteiger partial charge is 0.444 e. The minimum atomic E-state index is -4.88. The Kier molecular flexibility index (Phi) is 9.89. The van der Waals surface area contributed by atoms with Gasteiger partial charge in [-0.15, -0.1) is 0 Å². The molecule has 1 aliphatic heterocycles. The van der Waals surface area contributed by atoms with Gasteiger partial charge in [0.25, 0.3) is 0 Å². The van der Waals surface area contributed by atoms with Crippen molar-refractivity contribution >= 4 is 28.5 Å². The van der Waals surface area contributed by atoms with E-state index in [0.29, 0.717) is 22.2 Å². The third-order valence-corrected chi connectivity index (χ3v) is 7.43. The van der Waals surface area contributed by atoms with Crippen molar-refractivity contribution < 1.29 is 41.3 Å². The number of likely N-dealkylation sites (tertiary alicyclic amines) is 1. The molecule has 3 heterocycles. The summed E-state index contributed by atoms with van der Waals surface area (Å²) in [7, 11) is 0. The van der Waals surface area contributed by atoms with Crippen LogP contribution in [-0.4, -0.2) is 80.8 Å². The molecule has 3 atom stereocenters. The summed E-state index contributed by atoms with van der Waals surface area (Å²) in [4.78, 5) is 27.2. The van der Waals surface area contributed by atoms with E-state index in [-0.39, 0.29) is 48.2 Å². The predicted molar refractivity (Wildman–Crippen MR) is 169 cm³/mol. The van der Waals surface area contributed by atoms with E-state index in [1.54, 1.807) is 58.0 Å². The Morgan fingerprint density at radius 1 is 1.06 bits per heavy atom. The van der Waals surface area contributed by atoms with Gasteiger partial charge in [-0.2, -0.15) is 13.2 Å². The standard InChI is InChI=1S/C33H35F5N6O4/c1-18-7-8-21-22(9-10-24(35)27(21)41-15-26(45)33(36,37)38)28(18)47-29-23(6-5-12-39-29)25-11-13-40-30(43-25)42-20-14-19(34)16-44(17-20)31(46)48-32(2,3)4/h5-13,19-20,26,41,45H,14-17H2,1-4H3,(H,40,42,43)/t19-,20-,26?/m0/s1. The van der Waals surface area contributed by atoms with Gasteiger partial charge in [-0.25, -0.2) is 28.5 Å². The first-order valence-corrected chi connectivity index (χ1v) is 15.1. The fourth-order valence-corrected chi connectivity index (χ4v) is 5.23. The number of piperidine rings is 1. The molecule has 1 unspecified atom stereocenters. The number of pyridine rings is 1. The highest BCUT2D eigenvalue weighted by molar-refractivity contribution is 5.99. The van der Waals surface area contributed by atoms with E-state index in [1.807, 2.05) is 0 Å². The maximum absolute atomic E-state index is 14.8. The third-order valence-electron chi connectivity index (χ3n) is 7.43. The number of hydrogen-bond donors (Lipinski definition) is 3. The molecule has 3 N–H and O–H groups in total. The highest BCUT2D eigenvalue weighted by atomic mass is 19.4. The van der Waals surface area contributed by atoms with E-state index in [2.05, 4.69) is 25.6 Å². The number of nitrogens with zero attached hydrogens (tertiary/aromatic N) is 4. The summed E-state index contributed by atoms with van der Waals surface area (Å²) in [6.07, 6.45) is -6.35. The third kappa shape index (κ3) is 8.19. The second kappa shape index (κ2) is 13.7. The first-order chi connectivity index (χ1) is 22.6. The number of aliphatic hydroxyl groups excluding tert-OH is 1. The lowest BCUT2D eigenvalue weighted by molar-refractivity contribution is -0.198. The number of anilines is 2. The lowest BCUT2D eigenvalue weighted by Crippen LogP contribution is -2.51. The molecule has 256 valence electrons. The number of alkyl halides is 4. The van der Waals surface area contributed by atoms with Crippen LogP contribution in [-0.2, 0) is 4.74 Å². The molecule has 0 aliphatic carbocycles. The van der Waals surface area contributed by atoms with Gasteiger partial charge in [0.05, 0.1) is 23.5 Å². The number of halogens is 5. The van der Waals surface area contributed by atoms with E-state index in [0.717, 1.165) is 6.07 Å². The molecule has 0 spiro atoms. The number of benzene rings is 2. The molecule has 4 aromatic rings. The Morgan fingerprint density at radius 3 is 2.54 bits per heavy atom. The van der Waals surface area contributed by atoms with Crippen LogP contribution in [0.3, 0.4) is 0 Å². The molecule has 1 amide bonds. The second-order valence-electron chi connectivity index (χ2n) is 12.5. The van der Waals surface area contributed by atoms with Gasteiger partial charge in [-0.05, 0) is 63.6 Å². The lowest BCUT2D eigenvalue weighted by atomic mass is 10.0. The molecular weight excluding hydrogens is 639 g/mol. The summed E-state index contributed by atoms with van der Waals surface area (Å²) >= 11 is 0. The number of carbonyl (C=O) groups is 1. The Bertz CT molecular complexity index is 1780. The number of fused-ring (bicyclic) bond motifs is 1. The zero-order chi connectivity index (χ0) is 34.8. The van der Waals surface area contributed by atoms with Crippen molar-refractivity contribution in [3.8, 4) is 22.9 Å². The van der Waals surface area contributed by atoms with E-state index in [4.69, 9.17) is 9.47 Å². The summed E-state index contributed by atoms with van der Waals surface area (Å²) in [5.41, 5.74) is 0.529. The minimum Gasteiger partial charge on any atom is -0.444 e. The van der Waals surface area contributed by atoms with Crippen LogP contribution in [0.1, 0.15) is 32.8 Å². The summed E-state index contributed by atoms with van der Waals surface area (Å²) in [6.45, 7) is 6.09. The van der Waals surface area contributed by atoms with Gasteiger partial charge >= 0.3 is 12.3 Å².